The molecule has 1 unspecified atom stereocenters. The van der Waals surface area contributed by atoms with Gasteiger partial charge >= 0.3 is 0 Å². The molecule has 2 fully saturated rings. The Balaban J connectivity index is 0.00000120. The molecule has 2 aliphatic rings. The molecule has 5 nitrogen and oxygen atoms in total. The molecule has 2 N–H and O–H groups in total. The van der Waals surface area contributed by atoms with Gasteiger partial charge in [0.1, 0.15) is 0 Å². The molecule has 1 aromatic heterocycles. The Bertz CT molecular complexity index is 386. The maximum Gasteiger partial charge on any atom is 0.229 e. The molecule has 1 aliphatic carbocycles. The van der Waals surface area contributed by atoms with Crippen LogP contribution in [0, 0.1) is 0 Å². The van der Waals surface area contributed by atoms with Gasteiger partial charge in [0.2, 0.25) is 5.89 Å². The van der Waals surface area contributed by atoms with Crippen molar-refractivity contribution in [2.75, 3.05) is 6.61 Å². The summed E-state index contributed by atoms with van der Waals surface area (Å²) < 4.78 is 10.9. The molecule has 102 valence electrons. The van der Waals surface area contributed by atoms with Crippen LogP contribution in [-0.4, -0.2) is 22.9 Å². The molecule has 1 saturated heterocycles. The second kappa shape index (κ2) is 5.55. The number of nitrogens with two attached hydrogens (primary N) is 1. The molecular formula is C12H20ClN3O2. The summed E-state index contributed by atoms with van der Waals surface area (Å²) >= 11 is 0. The number of hydrogen-bond donors (Lipinski definition) is 1. The van der Waals surface area contributed by atoms with Crippen molar-refractivity contribution >= 4 is 12.4 Å². The summed E-state index contributed by atoms with van der Waals surface area (Å²) in [5, 5.41) is 4.01. The van der Waals surface area contributed by atoms with Gasteiger partial charge in [0.25, 0.3) is 0 Å². The van der Waals surface area contributed by atoms with Crippen LogP contribution in [0.5, 0.6) is 0 Å². The third kappa shape index (κ3) is 2.68. The van der Waals surface area contributed by atoms with E-state index in [1.807, 2.05) is 0 Å². The lowest BCUT2D eigenvalue weighted by Crippen LogP contribution is -2.44. The minimum atomic E-state index is -0.324. The van der Waals surface area contributed by atoms with E-state index < -0.39 is 0 Å². The van der Waals surface area contributed by atoms with E-state index in [1.165, 1.54) is 6.42 Å². The first-order chi connectivity index (χ1) is 8.26. The summed E-state index contributed by atoms with van der Waals surface area (Å²) in [5.74, 6) is 1.35. The molecule has 0 aromatic carbocycles. The Hall–Kier alpha value is -0.650. The predicted molar refractivity (Wildman–Crippen MR) is 68.6 cm³/mol. The first-order valence-electron chi connectivity index (χ1n) is 6.50. The van der Waals surface area contributed by atoms with E-state index in [2.05, 4.69) is 10.1 Å². The fraction of sp³-hybridized carbons (Fsp3) is 0.833. The van der Waals surface area contributed by atoms with Crippen molar-refractivity contribution in [3.63, 3.8) is 0 Å². The first-order valence-corrected chi connectivity index (χ1v) is 6.50. The van der Waals surface area contributed by atoms with Crippen LogP contribution >= 0.6 is 12.4 Å². The molecule has 2 heterocycles. The zero-order valence-electron chi connectivity index (χ0n) is 10.4. The second-order valence-corrected chi connectivity index (χ2v) is 5.21. The maximum atomic E-state index is 6.15. The van der Waals surface area contributed by atoms with Crippen LogP contribution in [-0.2, 0) is 16.7 Å². The number of aromatic nitrogens is 2. The Morgan fingerprint density at radius 3 is 2.72 bits per heavy atom. The Kier molecular flexibility index (Phi) is 4.25. The van der Waals surface area contributed by atoms with E-state index in [9.17, 15) is 0 Å². The Morgan fingerprint density at radius 1 is 1.28 bits per heavy atom. The molecule has 0 radical (unpaired) electrons. The van der Waals surface area contributed by atoms with Crippen molar-refractivity contribution < 1.29 is 9.26 Å². The second-order valence-electron chi connectivity index (χ2n) is 5.21. The van der Waals surface area contributed by atoms with Crippen LogP contribution in [0.4, 0.5) is 0 Å². The third-order valence-corrected chi connectivity index (χ3v) is 3.84. The lowest BCUT2D eigenvalue weighted by atomic mass is 9.77. The minimum Gasteiger partial charge on any atom is -0.378 e. The summed E-state index contributed by atoms with van der Waals surface area (Å²) in [6, 6.07) is 0. The quantitative estimate of drug-likeness (QED) is 0.911. The normalized spacial score (nSPS) is 26.2. The fourth-order valence-corrected chi connectivity index (χ4v) is 2.48. The van der Waals surface area contributed by atoms with E-state index in [-0.39, 0.29) is 24.0 Å². The van der Waals surface area contributed by atoms with Crippen LogP contribution in [0.25, 0.3) is 0 Å². The summed E-state index contributed by atoms with van der Waals surface area (Å²) in [6.45, 7) is 0.854. The highest BCUT2D eigenvalue weighted by atomic mass is 35.5. The van der Waals surface area contributed by atoms with Crippen LogP contribution in [0.2, 0.25) is 0 Å². The smallest absolute Gasteiger partial charge is 0.229 e. The van der Waals surface area contributed by atoms with Crippen molar-refractivity contribution in [2.45, 2.75) is 56.6 Å². The molecule has 6 heteroatoms. The zero-order valence-corrected chi connectivity index (χ0v) is 11.2. The van der Waals surface area contributed by atoms with Crippen molar-refractivity contribution in [2.24, 2.45) is 5.73 Å². The third-order valence-electron chi connectivity index (χ3n) is 3.84. The van der Waals surface area contributed by atoms with Crippen LogP contribution in [0.15, 0.2) is 4.52 Å². The minimum absolute atomic E-state index is 0. The van der Waals surface area contributed by atoms with E-state index in [4.69, 9.17) is 15.0 Å². The highest BCUT2D eigenvalue weighted by Crippen LogP contribution is 2.36. The van der Waals surface area contributed by atoms with Gasteiger partial charge in [-0.05, 0) is 38.5 Å². The van der Waals surface area contributed by atoms with Gasteiger partial charge in [-0.25, -0.2) is 0 Å². The zero-order chi connectivity index (χ0) is 11.7. The van der Waals surface area contributed by atoms with E-state index >= 15 is 0 Å². The number of ether oxygens (including phenoxy) is 1. The molecule has 1 aromatic rings. The van der Waals surface area contributed by atoms with Gasteiger partial charge in [0, 0.05) is 6.61 Å². The monoisotopic (exact) mass is 273 g/mol. The average Bonchev–Trinajstić information content (AvgIpc) is 2.76. The summed E-state index contributed by atoms with van der Waals surface area (Å²) in [7, 11) is 0. The predicted octanol–water partition coefficient (Wildman–Crippen LogP) is 1.94. The summed E-state index contributed by atoms with van der Waals surface area (Å²) in [6.07, 6.45) is 7.54. The van der Waals surface area contributed by atoms with Crippen LogP contribution in [0.3, 0.4) is 0 Å². The van der Waals surface area contributed by atoms with Gasteiger partial charge in [0.15, 0.2) is 5.82 Å². The number of nitrogens with zero attached hydrogens (tertiary/aromatic N) is 2. The number of halogens is 1. The molecule has 1 aliphatic heterocycles. The SMILES string of the molecule is Cl.NC1(c2noc(CC3CCCCO3)n2)CCC1. The van der Waals surface area contributed by atoms with Crippen molar-refractivity contribution in [1.82, 2.24) is 10.1 Å². The molecule has 1 atom stereocenters. The highest BCUT2D eigenvalue weighted by molar-refractivity contribution is 5.85. The Morgan fingerprint density at radius 2 is 2.11 bits per heavy atom. The topological polar surface area (TPSA) is 74.2 Å². The number of rotatable bonds is 3. The molecule has 3 rings (SSSR count). The van der Waals surface area contributed by atoms with Crippen LogP contribution < -0.4 is 5.73 Å². The lowest BCUT2D eigenvalue weighted by molar-refractivity contribution is 0.0124. The first kappa shape index (κ1) is 13.8. The summed E-state index contributed by atoms with van der Waals surface area (Å²) in [4.78, 5) is 4.42. The molecule has 1 saturated carbocycles. The van der Waals surface area contributed by atoms with Crippen molar-refractivity contribution in [1.29, 1.82) is 0 Å². The van der Waals surface area contributed by atoms with Crippen molar-refractivity contribution in [3.8, 4) is 0 Å². The van der Waals surface area contributed by atoms with E-state index in [1.54, 1.807) is 0 Å². The standard InChI is InChI=1S/C12H19N3O2.ClH/c13-12(5-3-6-12)11-14-10(17-15-11)8-9-4-1-2-7-16-9;/h9H,1-8,13H2;1H. The largest absolute Gasteiger partial charge is 0.378 e. The molecule has 0 spiro atoms. The molecule has 18 heavy (non-hydrogen) atoms. The number of hydrogen-bond acceptors (Lipinski definition) is 5. The van der Waals surface area contributed by atoms with Gasteiger partial charge in [0.05, 0.1) is 18.1 Å². The van der Waals surface area contributed by atoms with Gasteiger partial charge in [-0.3, -0.25) is 0 Å². The average molecular weight is 274 g/mol. The van der Waals surface area contributed by atoms with Crippen LogP contribution in [0.1, 0.15) is 50.2 Å². The van der Waals surface area contributed by atoms with Gasteiger partial charge in [-0.2, -0.15) is 4.98 Å². The van der Waals surface area contributed by atoms with Crippen molar-refractivity contribution in [3.05, 3.63) is 11.7 Å². The summed E-state index contributed by atoms with van der Waals surface area (Å²) in [5.41, 5.74) is 5.83. The lowest BCUT2D eigenvalue weighted by Gasteiger charge is -2.34. The van der Waals surface area contributed by atoms with E-state index in [0.717, 1.165) is 45.1 Å². The maximum absolute atomic E-state index is 6.15. The fourth-order valence-electron chi connectivity index (χ4n) is 2.48. The van der Waals surface area contributed by atoms with Gasteiger partial charge < -0.3 is 15.0 Å². The molecule has 0 amide bonds. The Labute approximate surface area is 113 Å². The van der Waals surface area contributed by atoms with E-state index in [0.29, 0.717) is 11.7 Å². The highest BCUT2D eigenvalue weighted by Gasteiger charge is 2.39. The van der Waals surface area contributed by atoms with Gasteiger partial charge in [-0.1, -0.05) is 5.16 Å². The molecule has 0 bridgehead atoms. The molecular weight excluding hydrogens is 254 g/mol. The van der Waals surface area contributed by atoms with Gasteiger partial charge in [-0.15, -0.1) is 12.4 Å².